The average molecular weight is 293 g/mol. The highest BCUT2D eigenvalue weighted by atomic mass is 16.5. The van der Waals surface area contributed by atoms with E-state index in [1.54, 1.807) is 18.4 Å². The van der Waals surface area contributed by atoms with Crippen molar-refractivity contribution in [3.63, 3.8) is 0 Å². The third kappa shape index (κ3) is 3.35. The number of hydrogen-bond donors (Lipinski definition) is 0. The van der Waals surface area contributed by atoms with Crippen LogP contribution in [-0.2, 0) is 6.61 Å². The van der Waals surface area contributed by atoms with Crippen LogP contribution in [0.15, 0.2) is 77.4 Å². The van der Waals surface area contributed by atoms with Crippen LogP contribution in [0.25, 0.3) is 0 Å². The lowest BCUT2D eigenvalue weighted by Crippen LogP contribution is -2.02. The molecular formula is C18H15NO3. The van der Waals surface area contributed by atoms with Gasteiger partial charge in [-0.2, -0.15) is 4.74 Å². The molecule has 1 heterocycles. The highest BCUT2D eigenvalue weighted by Gasteiger charge is 2.07. The van der Waals surface area contributed by atoms with Crippen molar-refractivity contribution < 1.29 is 13.9 Å². The zero-order valence-corrected chi connectivity index (χ0v) is 11.9. The van der Waals surface area contributed by atoms with Gasteiger partial charge in [-0.25, -0.2) is 0 Å². The summed E-state index contributed by atoms with van der Waals surface area (Å²) in [4.78, 5) is 0. The first kappa shape index (κ1) is 13.9. The fraction of sp³-hybridized carbons (Fsp3) is 0.0556. The summed E-state index contributed by atoms with van der Waals surface area (Å²) in [5.41, 5.74) is 1.29. The molecule has 4 heteroatoms. The SMILES string of the molecule is [O-][N+](=Cc1ccccc1OCc1ccco1)c1ccccc1. The lowest BCUT2D eigenvalue weighted by Gasteiger charge is -2.08. The van der Waals surface area contributed by atoms with Gasteiger partial charge in [0.1, 0.15) is 18.1 Å². The molecule has 0 aliphatic rings. The molecule has 0 saturated heterocycles. The molecule has 0 aliphatic heterocycles. The van der Waals surface area contributed by atoms with E-state index >= 15 is 0 Å². The van der Waals surface area contributed by atoms with Crippen LogP contribution < -0.4 is 4.74 Å². The Morgan fingerprint density at radius 3 is 2.50 bits per heavy atom. The van der Waals surface area contributed by atoms with Gasteiger partial charge in [0.25, 0.3) is 0 Å². The van der Waals surface area contributed by atoms with Crippen molar-refractivity contribution in [1.82, 2.24) is 0 Å². The van der Waals surface area contributed by atoms with E-state index in [2.05, 4.69) is 0 Å². The Morgan fingerprint density at radius 2 is 1.73 bits per heavy atom. The van der Waals surface area contributed by atoms with E-state index in [1.807, 2.05) is 54.6 Å². The number of nitrogens with zero attached hydrogens (tertiary/aromatic N) is 1. The van der Waals surface area contributed by atoms with Gasteiger partial charge in [-0.3, -0.25) is 0 Å². The van der Waals surface area contributed by atoms with Gasteiger partial charge >= 0.3 is 0 Å². The second-order valence-corrected chi connectivity index (χ2v) is 4.70. The summed E-state index contributed by atoms with van der Waals surface area (Å²) in [7, 11) is 0. The molecule has 0 unspecified atom stereocenters. The molecular weight excluding hydrogens is 278 g/mol. The van der Waals surface area contributed by atoms with Gasteiger partial charge in [-0.05, 0) is 24.3 Å². The van der Waals surface area contributed by atoms with Gasteiger partial charge in [-0.1, -0.05) is 30.3 Å². The minimum Gasteiger partial charge on any atom is -0.618 e. The highest BCUT2D eigenvalue weighted by Crippen LogP contribution is 2.19. The number of hydrogen-bond acceptors (Lipinski definition) is 3. The van der Waals surface area contributed by atoms with Crippen LogP contribution in [0.3, 0.4) is 0 Å². The summed E-state index contributed by atoms with van der Waals surface area (Å²) >= 11 is 0. The molecule has 0 atom stereocenters. The quantitative estimate of drug-likeness (QED) is 0.308. The van der Waals surface area contributed by atoms with Crippen LogP contribution in [0.5, 0.6) is 5.75 Å². The topological polar surface area (TPSA) is 48.4 Å². The van der Waals surface area contributed by atoms with Crippen LogP contribution in [0.2, 0.25) is 0 Å². The Hall–Kier alpha value is -3.01. The monoisotopic (exact) mass is 293 g/mol. The largest absolute Gasteiger partial charge is 0.618 e. The van der Waals surface area contributed by atoms with Crippen molar-refractivity contribution in [2.75, 3.05) is 0 Å². The first-order valence-electron chi connectivity index (χ1n) is 6.93. The maximum atomic E-state index is 12.2. The molecule has 22 heavy (non-hydrogen) atoms. The Morgan fingerprint density at radius 1 is 0.955 bits per heavy atom. The number of ether oxygens (including phenoxy) is 1. The molecule has 3 rings (SSSR count). The Kier molecular flexibility index (Phi) is 4.20. The summed E-state index contributed by atoms with van der Waals surface area (Å²) in [6.45, 7) is 0.321. The van der Waals surface area contributed by atoms with Crippen molar-refractivity contribution in [2.24, 2.45) is 0 Å². The predicted octanol–water partition coefficient (Wildman–Crippen LogP) is 4.12. The van der Waals surface area contributed by atoms with Gasteiger partial charge in [0.05, 0.1) is 11.8 Å². The minimum atomic E-state index is 0.321. The average Bonchev–Trinajstić information content (AvgIpc) is 3.08. The number of furan rings is 1. The van der Waals surface area contributed by atoms with Crippen LogP contribution in [0.1, 0.15) is 11.3 Å². The maximum absolute atomic E-state index is 12.2. The van der Waals surface area contributed by atoms with Crippen molar-refractivity contribution >= 4 is 11.9 Å². The summed E-state index contributed by atoms with van der Waals surface area (Å²) in [6.07, 6.45) is 3.11. The molecule has 0 fully saturated rings. The molecule has 1 aromatic heterocycles. The summed E-state index contributed by atoms with van der Waals surface area (Å²) in [5.74, 6) is 1.37. The van der Waals surface area contributed by atoms with E-state index in [-0.39, 0.29) is 0 Å². The Labute approximate surface area is 128 Å². The van der Waals surface area contributed by atoms with Crippen molar-refractivity contribution in [1.29, 1.82) is 0 Å². The molecule has 0 N–H and O–H groups in total. The van der Waals surface area contributed by atoms with Crippen molar-refractivity contribution in [3.8, 4) is 5.75 Å². The smallest absolute Gasteiger partial charge is 0.216 e. The second-order valence-electron chi connectivity index (χ2n) is 4.70. The third-order valence-electron chi connectivity index (χ3n) is 3.14. The summed E-state index contributed by atoms with van der Waals surface area (Å²) in [5, 5.41) is 12.2. The van der Waals surface area contributed by atoms with Gasteiger partial charge in [0.15, 0.2) is 6.21 Å². The van der Waals surface area contributed by atoms with Gasteiger partial charge in [-0.15, -0.1) is 0 Å². The number of benzene rings is 2. The molecule has 0 aliphatic carbocycles. The Bertz CT molecular complexity index is 749. The second kappa shape index (κ2) is 6.63. The van der Waals surface area contributed by atoms with Crippen LogP contribution >= 0.6 is 0 Å². The van der Waals surface area contributed by atoms with Crippen molar-refractivity contribution in [3.05, 3.63) is 89.5 Å². The summed E-state index contributed by atoms with van der Waals surface area (Å²) in [6, 6.07) is 20.1. The van der Waals surface area contributed by atoms with E-state index in [0.717, 1.165) is 10.5 Å². The lowest BCUT2D eigenvalue weighted by molar-refractivity contribution is -0.354. The van der Waals surface area contributed by atoms with Gasteiger partial charge < -0.3 is 14.4 Å². The van der Waals surface area contributed by atoms with Gasteiger partial charge in [0, 0.05) is 12.1 Å². The molecule has 110 valence electrons. The number of para-hydroxylation sites is 2. The predicted molar refractivity (Wildman–Crippen MR) is 84.4 cm³/mol. The molecule has 0 saturated carbocycles. The Balaban J connectivity index is 1.82. The first-order valence-corrected chi connectivity index (χ1v) is 6.93. The van der Waals surface area contributed by atoms with E-state index in [0.29, 0.717) is 23.6 Å². The highest BCUT2D eigenvalue weighted by molar-refractivity contribution is 5.80. The molecule has 0 radical (unpaired) electrons. The summed E-state index contributed by atoms with van der Waals surface area (Å²) < 4.78 is 11.8. The van der Waals surface area contributed by atoms with E-state index in [1.165, 1.54) is 6.21 Å². The minimum absolute atomic E-state index is 0.321. The van der Waals surface area contributed by atoms with Crippen molar-refractivity contribution in [2.45, 2.75) is 6.61 Å². The fourth-order valence-corrected chi connectivity index (χ4v) is 2.04. The fourth-order valence-electron chi connectivity index (χ4n) is 2.04. The molecule has 4 nitrogen and oxygen atoms in total. The molecule has 0 bridgehead atoms. The van der Waals surface area contributed by atoms with Gasteiger partial charge in [0.2, 0.25) is 5.69 Å². The first-order chi connectivity index (χ1) is 10.8. The van der Waals surface area contributed by atoms with E-state index in [9.17, 15) is 5.21 Å². The molecule has 3 aromatic rings. The lowest BCUT2D eigenvalue weighted by atomic mass is 10.2. The normalized spacial score (nSPS) is 11.4. The maximum Gasteiger partial charge on any atom is 0.216 e. The number of rotatable bonds is 5. The van der Waals surface area contributed by atoms with E-state index in [4.69, 9.17) is 9.15 Å². The third-order valence-corrected chi connectivity index (χ3v) is 3.14. The zero-order chi connectivity index (χ0) is 15.2. The molecule has 0 amide bonds. The molecule has 0 spiro atoms. The zero-order valence-electron chi connectivity index (χ0n) is 11.9. The van der Waals surface area contributed by atoms with Crippen LogP contribution in [0.4, 0.5) is 5.69 Å². The standard InChI is InChI=1S/C18H15NO3/c20-19(16-8-2-1-3-9-16)13-15-7-4-5-11-18(15)22-14-17-10-6-12-21-17/h1-13H,14H2. The van der Waals surface area contributed by atoms with Crippen LogP contribution in [0, 0.1) is 5.21 Å². The molecule has 2 aromatic carbocycles. The van der Waals surface area contributed by atoms with Crippen LogP contribution in [-0.4, -0.2) is 11.0 Å². The van der Waals surface area contributed by atoms with E-state index < -0.39 is 0 Å².